The summed E-state index contributed by atoms with van der Waals surface area (Å²) in [4.78, 5) is 34.7. The molecule has 0 saturated heterocycles. The number of ether oxygens (including phenoxy) is 2. The second-order valence-corrected chi connectivity index (χ2v) is 6.07. The molecule has 24 heavy (non-hydrogen) atoms. The van der Waals surface area contributed by atoms with Gasteiger partial charge in [0.05, 0.1) is 0 Å². The van der Waals surface area contributed by atoms with E-state index in [1.54, 1.807) is 20.8 Å². The summed E-state index contributed by atoms with van der Waals surface area (Å²) in [6, 6.07) is 4.42. The Morgan fingerprint density at radius 3 is 2.29 bits per heavy atom. The Labute approximate surface area is 139 Å². The van der Waals surface area contributed by atoms with Gasteiger partial charge in [-0.15, -0.1) is 0 Å². The van der Waals surface area contributed by atoms with Gasteiger partial charge in [-0.1, -0.05) is 0 Å². The van der Waals surface area contributed by atoms with Gasteiger partial charge < -0.3 is 14.8 Å². The fraction of sp³-hybridized carbons (Fsp3) is 0.438. The highest BCUT2D eigenvalue weighted by Crippen LogP contribution is 2.13. The molecule has 3 amide bonds. The van der Waals surface area contributed by atoms with Crippen LogP contribution in [0.15, 0.2) is 24.3 Å². The molecule has 0 unspecified atom stereocenters. The van der Waals surface area contributed by atoms with Crippen molar-refractivity contribution in [2.45, 2.75) is 39.3 Å². The Morgan fingerprint density at radius 1 is 1.17 bits per heavy atom. The maximum absolute atomic E-state index is 12.8. The Balaban J connectivity index is 2.37. The van der Waals surface area contributed by atoms with Crippen LogP contribution in [0.2, 0.25) is 0 Å². The molecule has 132 valence electrons. The van der Waals surface area contributed by atoms with Crippen LogP contribution in [0.25, 0.3) is 0 Å². The number of halogens is 1. The zero-order chi connectivity index (χ0) is 18.3. The SMILES string of the molecule is C[C@H](Oc1ccc(F)cc1)C(=O)OCC(=O)NC(=O)NC(C)(C)C. The maximum Gasteiger partial charge on any atom is 0.347 e. The first kappa shape index (κ1) is 19.4. The van der Waals surface area contributed by atoms with Crippen molar-refractivity contribution in [2.75, 3.05) is 6.61 Å². The molecule has 0 aliphatic heterocycles. The van der Waals surface area contributed by atoms with E-state index in [9.17, 15) is 18.8 Å². The lowest BCUT2D eigenvalue weighted by Gasteiger charge is -2.20. The lowest BCUT2D eigenvalue weighted by atomic mass is 10.1. The normalized spacial score (nSPS) is 12.0. The van der Waals surface area contributed by atoms with Crippen LogP contribution in [-0.2, 0) is 14.3 Å². The van der Waals surface area contributed by atoms with E-state index in [0.29, 0.717) is 0 Å². The van der Waals surface area contributed by atoms with Crippen molar-refractivity contribution in [3.8, 4) is 5.75 Å². The second-order valence-electron chi connectivity index (χ2n) is 6.07. The molecule has 1 rings (SSSR count). The molecule has 0 aromatic heterocycles. The van der Waals surface area contributed by atoms with Crippen LogP contribution < -0.4 is 15.4 Å². The van der Waals surface area contributed by atoms with Gasteiger partial charge in [-0.25, -0.2) is 14.0 Å². The summed E-state index contributed by atoms with van der Waals surface area (Å²) < 4.78 is 22.8. The zero-order valence-corrected chi connectivity index (χ0v) is 14.0. The van der Waals surface area contributed by atoms with E-state index >= 15 is 0 Å². The maximum atomic E-state index is 12.8. The number of imide groups is 1. The molecule has 2 N–H and O–H groups in total. The summed E-state index contributed by atoms with van der Waals surface area (Å²) >= 11 is 0. The molecule has 1 aromatic rings. The minimum absolute atomic E-state index is 0.287. The molecule has 0 heterocycles. The average Bonchev–Trinajstić information content (AvgIpc) is 2.45. The number of benzene rings is 1. The van der Waals surface area contributed by atoms with Crippen LogP contribution in [0.4, 0.5) is 9.18 Å². The fourth-order valence-corrected chi connectivity index (χ4v) is 1.55. The van der Waals surface area contributed by atoms with Gasteiger partial charge in [-0.2, -0.15) is 0 Å². The predicted octanol–water partition coefficient (Wildman–Crippen LogP) is 1.76. The van der Waals surface area contributed by atoms with Crippen LogP contribution in [0.3, 0.4) is 0 Å². The molecule has 0 radical (unpaired) electrons. The van der Waals surface area contributed by atoms with E-state index in [4.69, 9.17) is 9.47 Å². The van der Waals surface area contributed by atoms with Gasteiger partial charge in [0.15, 0.2) is 12.7 Å². The van der Waals surface area contributed by atoms with Crippen LogP contribution in [0.1, 0.15) is 27.7 Å². The largest absolute Gasteiger partial charge is 0.479 e. The highest BCUT2D eigenvalue weighted by molar-refractivity contribution is 5.95. The van der Waals surface area contributed by atoms with Crippen molar-refractivity contribution < 1.29 is 28.2 Å². The molecule has 8 heteroatoms. The van der Waals surface area contributed by atoms with Gasteiger partial charge in [0.25, 0.3) is 5.91 Å². The van der Waals surface area contributed by atoms with Crippen molar-refractivity contribution in [1.29, 1.82) is 0 Å². The number of carbonyl (C=O) groups excluding carboxylic acids is 3. The van der Waals surface area contributed by atoms with Gasteiger partial charge in [0, 0.05) is 5.54 Å². The Kier molecular flexibility index (Phi) is 6.69. The molecule has 1 atom stereocenters. The Hall–Kier alpha value is -2.64. The highest BCUT2D eigenvalue weighted by Gasteiger charge is 2.20. The van der Waals surface area contributed by atoms with E-state index in [1.807, 2.05) is 5.32 Å². The van der Waals surface area contributed by atoms with Crippen molar-refractivity contribution in [3.63, 3.8) is 0 Å². The lowest BCUT2D eigenvalue weighted by Crippen LogP contribution is -2.49. The third-order valence-corrected chi connectivity index (χ3v) is 2.55. The van der Waals surface area contributed by atoms with Crippen LogP contribution in [-0.4, -0.2) is 36.2 Å². The number of amides is 3. The van der Waals surface area contributed by atoms with Crippen molar-refractivity contribution in [1.82, 2.24) is 10.6 Å². The molecule has 0 saturated carbocycles. The average molecular weight is 340 g/mol. The van der Waals surface area contributed by atoms with Crippen LogP contribution in [0, 0.1) is 5.82 Å². The number of hydrogen-bond acceptors (Lipinski definition) is 5. The summed E-state index contributed by atoms with van der Waals surface area (Å²) in [6.45, 7) is 6.08. The molecule has 0 bridgehead atoms. The standard InChI is InChI=1S/C16H21FN2O5/c1-10(24-12-7-5-11(17)6-8-12)14(21)23-9-13(20)18-15(22)19-16(2,3)4/h5-8,10H,9H2,1-4H3,(H2,18,19,20,22)/t10-/m0/s1. The molecular formula is C16H21FN2O5. The minimum Gasteiger partial charge on any atom is -0.479 e. The summed E-state index contributed by atoms with van der Waals surface area (Å²) in [6.07, 6.45) is -0.994. The number of carbonyl (C=O) groups is 3. The first-order valence-corrected chi connectivity index (χ1v) is 7.27. The van der Waals surface area contributed by atoms with E-state index in [0.717, 1.165) is 0 Å². The summed E-state index contributed by atoms with van der Waals surface area (Å²) in [5, 5.41) is 4.57. The van der Waals surface area contributed by atoms with Gasteiger partial charge in [-0.3, -0.25) is 10.1 Å². The van der Waals surface area contributed by atoms with E-state index in [-0.39, 0.29) is 5.75 Å². The third-order valence-electron chi connectivity index (χ3n) is 2.55. The summed E-state index contributed by atoms with van der Waals surface area (Å²) in [5.74, 6) is -1.69. The van der Waals surface area contributed by atoms with Crippen molar-refractivity contribution in [2.24, 2.45) is 0 Å². The fourth-order valence-electron chi connectivity index (χ4n) is 1.55. The highest BCUT2D eigenvalue weighted by atomic mass is 19.1. The number of nitrogens with one attached hydrogen (secondary N) is 2. The molecule has 0 spiro atoms. The van der Waals surface area contributed by atoms with Gasteiger partial charge >= 0.3 is 12.0 Å². The monoisotopic (exact) mass is 340 g/mol. The van der Waals surface area contributed by atoms with Gasteiger partial charge in [0.1, 0.15) is 11.6 Å². The van der Waals surface area contributed by atoms with E-state index in [1.165, 1.54) is 31.2 Å². The lowest BCUT2D eigenvalue weighted by molar-refractivity contribution is -0.154. The predicted molar refractivity (Wildman–Crippen MR) is 83.9 cm³/mol. The number of urea groups is 1. The number of esters is 1. The molecule has 7 nitrogen and oxygen atoms in total. The number of hydrogen-bond donors (Lipinski definition) is 2. The van der Waals surface area contributed by atoms with Crippen molar-refractivity contribution in [3.05, 3.63) is 30.1 Å². The molecule has 0 aliphatic carbocycles. The summed E-state index contributed by atoms with van der Waals surface area (Å²) in [5.41, 5.74) is -0.501. The zero-order valence-electron chi connectivity index (χ0n) is 14.0. The Morgan fingerprint density at radius 2 is 1.75 bits per heavy atom. The first-order chi connectivity index (χ1) is 11.1. The van der Waals surface area contributed by atoms with Gasteiger partial charge in [-0.05, 0) is 52.0 Å². The number of rotatable bonds is 5. The van der Waals surface area contributed by atoms with Gasteiger partial charge in [0.2, 0.25) is 0 Å². The topological polar surface area (TPSA) is 93.7 Å². The van der Waals surface area contributed by atoms with E-state index in [2.05, 4.69) is 5.32 Å². The third kappa shape index (κ3) is 7.57. The smallest absolute Gasteiger partial charge is 0.347 e. The second kappa shape index (κ2) is 8.28. The molecular weight excluding hydrogens is 319 g/mol. The van der Waals surface area contributed by atoms with Crippen LogP contribution in [0.5, 0.6) is 5.75 Å². The molecule has 0 aliphatic rings. The van der Waals surface area contributed by atoms with Crippen molar-refractivity contribution >= 4 is 17.9 Å². The van der Waals surface area contributed by atoms with Crippen LogP contribution >= 0.6 is 0 Å². The molecule has 0 fully saturated rings. The quantitative estimate of drug-likeness (QED) is 0.797. The first-order valence-electron chi connectivity index (χ1n) is 7.27. The van der Waals surface area contributed by atoms with E-state index < -0.39 is 42.0 Å². The molecule has 1 aromatic carbocycles. The minimum atomic E-state index is -0.994. The Bertz CT molecular complexity index is 595. The summed E-state index contributed by atoms with van der Waals surface area (Å²) in [7, 11) is 0.